The molecular formula is C10H15NO2. The van der Waals surface area contributed by atoms with E-state index in [0.717, 1.165) is 31.5 Å². The topological polar surface area (TPSA) is 40.5 Å². The zero-order chi connectivity index (χ0) is 9.26. The van der Waals surface area contributed by atoms with Crippen molar-refractivity contribution in [3.8, 4) is 0 Å². The van der Waals surface area contributed by atoms with E-state index in [9.17, 15) is 9.90 Å². The number of carbonyl (C=O) groups excluding carboxylic acids is 1. The summed E-state index contributed by atoms with van der Waals surface area (Å²) in [7, 11) is 0. The average molecular weight is 181 g/mol. The molecule has 0 saturated carbocycles. The predicted octanol–water partition coefficient (Wildman–Crippen LogP) is 0.690. The molecule has 1 saturated heterocycles. The fourth-order valence-corrected chi connectivity index (χ4v) is 2.05. The number of ketones is 1. The van der Waals surface area contributed by atoms with Gasteiger partial charge in [-0.1, -0.05) is 0 Å². The summed E-state index contributed by atoms with van der Waals surface area (Å²) in [6.45, 7) is 1.70. The van der Waals surface area contributed by atoms with Gasteiger partial charge in [-0.05, 0) is 19.3 Å². The summed E-state index contributed by atoms with van der Waals surface area (Å²) in [6, 6.07) is 0. The molecule has 0 bridgehead atoms. The van der Waals surface area contributed by atoms with Crippen LogP contribution in [0.25, 0.3) is 0 Å². The molecule has 0 aromatic carbocycles. The molecule has 1 atom stereocenters. The number of β-amino-alcohol motifs (C(OH)–C–C–N with tert-alkyl or cyclic N) is 1. The Balaban J connectivity index is 2.00. The Kier molecular flexibility index (Phi) is 2.36. The van der Waals surface area contributed by atoms with Crippen molar-refractivity contribution < 1.29 is 9.90 Å². The number of carbonyl (C=O) groups is 1. The van der Waals surface area contributed by atoms with Gasteiger partial charge in [-0.15, -0.1) is 0 Å². The van der Waals surface area contributed by atoms with Crippen molar-refractivity contribution >= 4 is 5.78 Å². The van der Waals surface area contributed by atoms with Gasteiger partial charge in [0.1, 0.15) is 0 Å². The van der Waals surface area contributed by atoms with Crippen LogP contribution in [0.1, 0.15) is 25.7 Å². The molecule has 13 heavy (non-hydrogen) atoms. The molecule has 0 radical (unpaired) electrons. The van der Waals surface area contributed by atoms with E-state index in [1.807, 2.05) is 0 Å². The summed E-state index contributed by atoms with van der Waals surface area (Å²) in [4.78, 5) is 13.2. The lowest BCUT2D eigenvalue weighted by Crippen LogP contribution is -2.37. The Hall–Kier alpha value is -0.830. The lowest BCUT2D eigenvalue weighted by Gasteiger charge is -2.32. The summed E-state index contributed by atoms with van der Waals surface area (Å²) in [5.41, 5.74) is 1.13. The molecule has 1 fully saturated rings. The van der Waals surface area contributed by atoms with Crippen LogP contribution in [0, 0.1) is 0 Å². The highest BCUT2D eigenvalue weighted by atomic mass is 16.3. The van der Waals surface area contributed by atoms with Gasteiger partial charge in [0.15, 0.2) is 5.78 Å². The summed E-state index contributed by atoms with van der Waals surface area (Å²) < 4.78 is 0. The molecule has 0 amide bonds. The van der Waals surface area contributed by atoms with Crippen molar-refractivity contribution in [1.82, 2.24) is 4.90 Å². The second-order valence-corrected chi connectivity index (χ2v) is 3.84. The minimum Gasteiger partial charge on any atom is -0.391 e. The first kappa shape index (κ1) is 8.75. The molecule has 2 aliphatic rings. The van der Waals surface area contributed by atoms with Crippen molar-refractivity contribution in [2.75, 3.05) is 13.1 Å². The first-order valence-corrected chi connectivity index (χ1v) is 4.92. The Morgan fingerprint density at radius 1 is 1.46 bits per heavy atom. The molecule has 72 valence electrons. The van der Waals surface area contributed by atoms with E-state index >= 15 is 0 Å². The highest BCUT2D eigenvalue weighted by Crippen LogP contribution is 2.22. The van der Waals surface area contributed by atoms with Gasteiger partial charge in [-0.2, -0.15) is 0 Å². The van der Waals surface area contributed by atoms with Crippen LogP contribution in [-0.2, 0) is 4.79 Å². The van der Waals surface area contributed by atoms with Crippen LogP contribution in [0.15, 0.2) is 11.8 Å². The number of hydrogen-bond donors (Lipinski definition) is 1. The number of allylic oxidation sites excluding steroid dienone is 2. The second kappa shape index (κ2) is 3.50. The van der Waals surface area contributed by atoms with E-state index in [1.165, 1.54) is 0 Å². The van der Waals surface area contributed by atoms with Gasteiger partial charge in [0.2, 0.25) is 0 Å². The third-order valence-electron chi connectivity index (χ3n) is 2.76. The number of piperidine rings is 1. The fraction of sp³-hybridized carbons (Fsp3) is 0.700. The van der Waals surface area contributed by atoms with Crippen molar-refractivity contribution in [1.29, 1.82) is 0 Å². The highest BCUT2D eigenvalue weighted by Gasteiger charge is 2.22. The first-order chi connectivity index (χ1) is 6.25. The van der Waals surface area contributed by atoms with Gasteiger partial charge < -0.3 is 10.0 Å². The smallest absolute Gasteiger partial charge is 0.157 e. The van der Waals surface area contributed by atoms with Gasteiger partial charge in [0.25, 0.3) is 0 Å². The molecule has 2 rings (SSSR count). The van der Waals surface area contributed by atoms with Crippen LogP contribution in [-0.4, -0.2) is 35.0 Å². The zero-order valence-electron chi connectivity index (χ0n) is 7.70. The highest BCUT2D eigenvalue weighted by molar-refractivity contribution is 5.92. The van der Waals surface area contributed by atoms with Crippen molar-refractivity contribution in [3.05, 3.63) is 11.8 Å². The molecule has 0 aromatic rings. The number of aliphatic hydroxyl groups is 1. The molecule has 0 aromatic heterocycles. The molecule has 1 unspecified atom stereocenters. The number of aliphatic hydroxyl groups excluding tert-OH is 1. The van der Waals surface area contributed by atoms with Crippen molar-refractivity contribution in [2.24, 2.45) is 0 Å². The maximum absolute atomic E-state index is 11.0. The van der Waals surface area contributed by atoms with E-state index in [-0.39, 0.29) is 11.9 Å². The number of rotatable bonds is 1. The Bertz CT molecular complexity index is 247. The minimum atomic E-state index is -0.203. The monoisotopic (exact) mass is 181 g/mol. The van der Waals surface area contributed by atoms with E-state index in [4.69, 9.17) is 0 Å². The van der Waals surface area contributed by atoms with E-state index in [0.29, 0.717) is 13.0 Å². The largest absolute Gasteiger partial charge is 0.391 e. The standard InChI is InChI=1S/C10H15NO2/c12-9-4-3-8(6-9)11-5-1-2-10(13)7-11/h6,10,13H,1-5,7H2. The normalized spacial score (nSPS) is 29.3. The lowest BCUT2D eigenvalue weighted by molar-refractivity contribution is -0.114. The van der Waals surface area contributed by atoms with Gasteiger partial charge >= 0.3 is 0 Å². The molecular weight excluding hydrogens is 166 g/mol. The number of hydrogen-bond acceptors (Lipinski definition) is 3. The maximum atomic E-state index is 11.0. The molecule has 1 N–H and O–H groups in total. The fourth-order valence-electron chi connectivity index (χ4n) is 2.05. The van der Waals surface area contributed by atoms with Gasteiger partial charge in [-0.25, -0.2) is 0 Å². The molecule has 1 heterocycles. The zero-order valence-corrected chi connectivity index (χ0v) is 7.70. The Morgan fingerprint density at radius 3 is 2.92 bits per heavy atom. The molecule has 3 heteroatoms. The lowest BCUT2D eigenvalue weighted by atomic mass is 10.1. The van der Waals surface area contributed by atoms with E-state index < -0.39 is 0 Å². The van der Waals surface area contributed by atoms with Crippen LogP contribution in [0.4, 0.5) is 0 Å². The van der Waals surface area contributed by atoms with Gasteiger partial charge in [0.05, 0.1) is 6.10 Å². The van der Waals surface area contributed by atoms with Crippen molar-refractivity contribution in [2.45, 2.75) is 31.8 Å². The predicted molar refractivity (Wildman–Crippen MR) is 49.1 cm³/mol. The summed E-state index contributed by atoms with van der Waals surface area (Å²) >= 11 is 0. The molecule has 1 aliphatic carbocycles. The third kappa shape index (κ3) is 1.91. The van der Waals surface area contributed by atoms with Crippen LogP contribution in [0.5, 0.6) is 0 Å². The van der Waals surface area contributed by atoms with Gasteiger partial charge in [0, 0.05) is 31.3 Å². The van der Waals surface area contributed by atoms with E-state index in [1.54, 1.807) is 6.08 Å². The molecule has 3 nitrogen and oxygen atoms in total. The average Bonchev–Trinajstić information content (AvgIpc) is 2.52. The number of likely N-dealkylation sites (tertiary alicyclic amines) is 1. The van der Waals surface area contributed by atoms with Crippen LogP contribution in [0.2, 0.25) is 0 Å². The summed E-state index contributed by atoms with van der Waals surface area (Å²) in [5, 5.41) is 9.45. The quantitative estimate of drug-likeness (QED) is 0.647. The SMILES string of the molecule is O=C1C=C(N2CCCC(O)C2)CC1. The number of nitrogens with zero attached hydrogens (tertiary/aromatic N) is 1. The van der Waals surface area contributed by atoms with Crippen LogP contribution >= 0.6 is 0 Å². The van der Waals surface area contributed by atoms with Crippen LogP contribution < -0.4 is 0 Å². The maximum Gasteiger partial charge on any atom is 0.157 e. The third-order valence-corrected chi connectivity index (χ3v) is 2.76. The summed E-state index contributed by atoms with van der Waals surface area (Å²) in [6.07, 6.45) is 4.99. The van der Waals surface area contributed by atoms with Crippen molar-refractivity contribution in [3.63, 3.8) is 0 Å². The molecule has 0 spiro atoms. The van der Waals surface area contributed by atoms with E-state index in [2.05, 4.69) is 4.90 Å². The first-order valence-electron chi connectivity index (χ1n) is 4.92. The summed E-state index contributed by atoms with van der Waals surface area (Å²) in [5.74, 6) is 0.232. The minimum absolute atomic E-state index is 0.203. The van der Waals surface area contributed by atoms with Gasteiger partial charge in [-0.3, -0.25) is 4.79 Å². The Labute approximate surface area is 78.0 Å². The second-order valence-electron chi connectivity index (χ2n) is 3.84. The van der Waals surface area contributed by atoms with Crippen LogP contribution in [0.3, 0.4) is 0 Å². The molecule has 1 aliphatic heterocycles. The Morgan fingerprint density at radius 2 is 2.31 bits per heavy atom.